The van der Waals surface area contributed by atoms with Gasteiger partial charge in [0.15, 0.2) is 0 Å². The lowest BCUT2D eigenvalue weighted by atomic mass is 10.4. The second kappa shape index (κ2) is 11.8. The highest BCUT2D eigenvalue weighted by molar-refractivity contribution is 5.71. The van der Waals surface area contributed by atoms with Gasteiger partial charge < -0.3 is 14.2 Å². The van der Waals surface area contributed by atoms with E-state index in [-0.39, 0.29) is 5.97 Å². The van der Waals surface area contributed by atoms with Crippen molar-refractivity contribution in [2.45, 2.75) is 19.8 Å². The van der Waals surface area contributed by atoms with Crippen molar-refractivity contribution in [2.75, 3.05) is 53.7 Å². The van der Waals surface area contributed by atoms with Crippen molar-refractivity contribution in [1.82, 2.24) is 4.90 Å². The molecule has 0 heterocycles. The molecule has 0 aromatic carbocycles. The molecule has 0 aliphatic rings. The lowest BCUT2D eigenvalue weighted by Crippen LogP contribution is -2.34. The lowest BCUT2D eigenvalue weighted by molar-refractivity contribution is -0.142. The highest BCUT2D eigenvalue weighted by Gasteiger charge is 2.09. The molecule has 0 aromatic rings. The van der Waals surface area contributed by atoms with Gasteiger partial charge in [-0.25, -0.2) is 0 Å². The standard InChI is InChI=1S/C12H25NO4/c1-4-6-13(11-12(14)16-3)7-10-17-9-5-8-15-2/h4-11H2,1-3H3. The van der Waals surface area contributed by atoms with E-state index in [4.69, 9.17) is 9.47 Å². The van der Waals surface area contributed by atoms with Gasteiger partial charge in [0.25, 0.3) is 0 Å². The largest absolute Gasteiger partial charge is 0.468 e. The molecule has 17 heavy (non-hydrogen) atoms. The molecule has 0 saturated carbocycles. The van der Waals surface area contributed by atoms with E-state index in [9.17, 15) is 4.79 Å². The molecule has 0 N–H and O–H groups in total. The minimum Gasteiger partial charge on any atom is -0.468 e. The van der Waals surface area contributed by atoms with Crippen molar-refractivity contribution in [2.24, 2.45) is 0 Å². The van der Waals surface area contributed by atoms with E-state index in [0.29, 0.717) is 19.8 Å². The van der Waals surface area contributed by atoms with Crippen molar-refractivity contribution in [3.05, 3.63) is 0 Å². The average Bonchev–Trinajstić information content (AvgIpc) is 2.33. The van der Waals surface area contributed by atoms with Crippen molar-refractivity contribution in [3.8, 4) is 0 Å². The molecule has 0 spiro atoms. The molecule has 0 aliphatic carbocycles. The predicted octanol–water partition coefficient (Wildman–Crippen LogP) is 0.925. The van der Waals surface area contributed by atoms with Gasteiger partial charge in [0.1, 0.15) is 0 Å². The Morgan fingerprint density at radius 2 is 1.88 bits per heavy atom. The van der Waals surface area contributed by atoms with E-state index < -0.39 is 0 Å². The summed E-state index contributed by atoms with van der Waals surface area (Å²) in [6, 6.07) is 0. The van der Waals surface area contributed by atoms with Crippen molar-refractivity contribution < 1.29 is 19.0 Å². The molecule has 0 saturated heterocycles. The average molecular weight is 247 g/mol. The summed E-state index contributed by atoms with van der Waals surface area (Å²) in [4.78, 5) is 13.2. The second-order valence-corrected chi connectivity index (χ2v) is 3.81. The Labute approximate surface area is 104 Å². The molecule has 5 heteroatoms. The number of nitrogens with zero attached hydrogens (tertiary/aromatic N) is 1. The molecule has 0 rings (SSSR count). The maximum atomic E-state index is 11.1. The van der Waals surface area contributed by atoms with Crippen LogP contribution in [0.5, 0.6) is 0 Å². The van der Waals surface area contributed by atoms with Gasteiger partial charge in [-0.15, -0.1) is 0 Å². The summed E-state index contributed by atoms with van der Waals surface area (Å²) in [7, 11) is 3.09. The van der Waals surface area contributed by atoms with Crippen LogP contribution in [0.3, 0.4) is 0 Å². The normalized spacial score (nSPS) is 10.8. The van der Waals surface area contributed by atoms with Crippen LogP contribution in [-0.4, -0.2) is 64.5 Å². The predicted molar refractivity (Wildman–Crippen MR) is 66.1 cm³/mol. The van der Waals surface area contributed by atoms with Crippen LogP contribution in [0, 0.1) is 0 Å². The quantitative estimate of drug-likeness (QED) is 0.401. The van der Waals surface area contributed by atoms with Crippen LogP contribution in [0.25, 0.3) is 0 Å². The first kappa shape index (κ1) is 16.4. The summed E-state index contributed by atoms with van der Waals surface area (Å²) < 4.78 is 15.0. The van der Waals surface area contributed by atoms with E-state index in [0.717, 1.165) is 32.5 Å². The number of hydrogen-bond donors (Lipinski definition) is 0. The zero-order valence-electron chi connectivity index (χ0n) is 11.2. The molecule has 0 radical (unpaired) electrons. The molecule has 102 valence electrons. The smallest absolute Gasteiger partial charge is 0.319 e. The fourth-order valence-corrected chi connectivity index (χ4v) is 1.43. The second-order valence-electron chi connectivity index (χ2n) is 3.81. The van der Waals surface area contributed by atoms with Gasteiger partial charge in [-0.3, -0.25) is 9.69 Å². The molecular weight excluding hydrogens is 222 g/mol. The summed E-state index contributed by atoms with van der Waals surface area (Å²) >= 11 is 0. The molecule has 0 fully saturated rings. The molecule has 0 aliphatic heterocycles. The number of ether oxygens (including phenoxy) is 3. The van der Waals surface area contributed by atoms with Crippen LogP contribution in [0.4, 0.5) is 0 Å². The van der Waals surface area contributed by atoms with Crippen LogP contribution in [0.2, 0.25) is 0 Å². The molecular formula is C12H25NO4. The fraction of sp³-hybridized carbons (Fsp3) is 0.917. The maximum Gasteiger partial charge on any atom is 0.319 e. The Bertz CT molecular complexity index is 187. The number of hydrogen-bond acceptors (Lipinski definition) is 5. The van der Waals surface area contributed by atoms with E-state index in [1.54, 1.807) is 7.11 Å². The Morgan fingerprint density at radius 1 is 1.12 bits per heavy atom. The first-order valence-corrected chi connectivity index (χ1v) is 6.10. The zero-order valence-corrected chi connectivity index (χ0v) is 11.2. The van der Waals surface area contributed by atoms with Crippen LogP contribution in [-0.2, 0) is 19.0 Å². The third kappa shape index (κ3) is 10.2. The number of carbonyl (C=O) groups excluding carboxylic acids is 1. The van der Waals surface area contributed by atoms with E-state index in [1.165, 1.54) is 7.11 Å². The Kier molecular flexibility index (Phi) is 11.4. The van der Waals surface area contributed by atoms with Gasteiger partial charge >= 0.3 is 5.97 Å². The maximum absolute atomic E-state index is 11.1. The Morgan fingerprint density at radius 3 is 2.47 bits per heavy atom. The van der Waals surface area contributed by atoms with Crippen molar-refractivity contribution in [1.29, 1.82) is 0 Å². The topological polar surface area (TPSA) is 48.0 Å². The number of esters is 1. The zero-order chi connectivity index (χ0) is 12.9. The number of rotatable bonds is 11. The molecule has 0 bridgehead atoms. The highest BCUT2D eigenvalue weighted by Crippen LogP contribution is 1.93. The monoisotopic (exact) mass is 247 g/mol. The first-order valence-electron chi connectivity index (χ1n) is 6.10. The van der Waals surface area contributed by atoms with E-state index in [2.05, 4.69) is 11.7 Å². The fourth-order valence-electron chi connectivity index (χ4n) is 1.43. The van der Waals surface area contributed by atoms with Crippen molar-refractivity contribution >= 4 is 5.97 Å². The molecule has 0 unspecified atom stereocenters. The summed E-state index contributed by atoms with van der Waals surface area (Å²) in [6.45, 7) is 6.13. The van der Waals surface area contributed by atoms with Gasteiger partial charge in [-0.1, -0.05) is 6.92 Å². The van der Waals surface area contributed by atoms with Crippen molar-refractivity contribution in [3.63, 3.8) is 0 Å². The Balaban J connectivity index is 3.58. The summed E-state index contributed by atoms with van der Waals surface area (Å²) in [5.41, 5.74) is 0. The van der Waals surface area contributed by atoms with E-state index >= 15 is 0 Å². The van der Waals surface area contributed by atoms with Gasteiger partial charge in [-0.05, 0) is 19.4 Å². The van der Waals surface area contributed by atoms with Crippen LogP contribution in [0.15, 0.2) is 0 Å². The minimum absolute atomic E-state index is 0.196. The highest BCUT2D eigenvalue weighted by atomic mass is 16.5. The molecule has 0 amide bonds. The SMILES string of the molecule is CCCN(CCOCCCOC)CC(=O)OC. The van der Waals surface area contributed by atoms with Gasteiger partial charge in [-0.2, -0.15) is 0 Å². The lowest BCUT2D eigenvalue weighted by Gasteiger charge is -2.19. The molecule has 5 nitrogen and oxygen atoms in total. The molecule has 0 atom stereocenters. The summed E-state index contributed by atoms with van der Waals surface area (Å²) in [5, 5.41) is 0. The Hall–Kier alpha value is -0.650. The summed E-state index contributed by atoms with van der Waals surface area (Å²) in [6.07, 6.45) is 1.92. The van der Waals surface area contributed by atoms with Crippen LogP contribution in [0.1, 0.15) is 19.8 Å². The van der Waals surface area contributed by atoms with Gasteiger partial charge in [0.2, 0.25) is 0 Å². The number of methoxy groups -OCH3 is 2. The van der Waals surface area contributed by atoms with Crippen LogP contribution < -0.4 is 0 Å². The van der Waals surface area contributed by atoms with Crippen LogP contribution >= 0.6 is 0 Å². The molecule has 0 aromatic heterocycles. The van der Waals surface area contributed by atoms with E-state index in [1.807, 2.05) is 4.90 Å². The first-order chi connectivity index (χ1) is 8.24. The third-order valence-corrected chi connectivity index (χ3v) is 2.31. The third-order valence-electron chi connectivity index (χ3n) is 2.31. The minimum atomic E-state index is -0.196. The van der Waals surface area contributed by atoms with Gasteiger partial charge in [0.05, 0.1) is 20.3 Å². The number of carbonyl (C=O) groups is 1. The van der Waals surface area contributed by atoms with Gasteiger partial charge in [0, 0.05) is 26.9 Å². The summed E-state index contributed by atoms with van der Waals surface area (Å²) in [5.74, 6) is -0.196.